The maximum atomic E-state index is 7.70. The molecule has 0 aliphatic carbocycles. The number of hydrogen-bond donors (Lipinski definition) is 1. The molecule has 1 fully saturated rings. The maximum absolute atomic E-state index is 7.70. The number of likely N-dealkylation sites (N-methyl/N-ethyl adjacent to an activating group) is 1. The lowest BCUT2D eigenvalue weighted by molar-refractivity contribution is 0.151. The number of rotatable bonds is 1. The van der Waals surface area contributed by atoms with Crippen molar-refractivity contribution in [1.29, 1.82) is 5.41 Å². The Kier molecular flexibility index (Phi) is 3.09. The molecule has 0 aromatic carbocycles. The quantitative estimate of drug-likeness (QED) is 0.469. The van der Waals surface area contributed by atoms with Crippen molar-refractivity contribution < 1.29 is 0 Å². The van der Waals surface area contributed by atoms with E-state index >= 15 is 0 Å². The van der Waals surface area contributed by atoms with E-state index < -0.39 is 0 Å². The molecule has 1 atom stereocenters. The number of nitrogens with zero attached hydrogens (tertiary/aromatic N) is 2. The summed E-state index contributed by atoms with van der Waals surface area (Å²) in [6.45, 7) is 7.39. The van der Waals surface area contributed by atoms with Gasteiger partial charge in [-0.1, -0.05) is 6.92 Å². The largest absolute Gasteiger partial charge is 0.358 e. The van der Waals surface area contributed by atoms with Crippen molar-refractivity contribution in [2.45, 2.75) is 26.3 Å². The van der Waals surface area contributed by atoms with Gasteiger partial charge in [0.1, 0.15) is 0 Å². The molecule has 70 valence electrons. The van der Waals surface area contributed by atoms with Crippen LogP contribution in [0.5, 0.6) is 0 Å². The highest BCUT2D eigenvalue weighted by molar-refractivity contribution is 5.78. The predicted molar refractivity (Wildman–Crippen MR) is 51.7 cm³/mol. The molecule has 0 radical (unpaired) electrons. The lowest BCUT2D eigenvalue weighted by atomic mass is 10.2. The highest BCUT2D eigenvalue weighted by Gasteiger charge is 2.21. The highest BCUT2D eigenvalue weighted by Crippen LogP contribution is 2.07. The first kappa shape index (κ1) is 9.52. The van der Waals surface area contributed by atoms with Crippen LogP contribution in [-0.2, 0) is 0 Å². The molecule has 3 nitrogen and oxygen atoms in total. The fourth-order valence-corrected chi connectivity index (χ4v) is 1.52. The van der Waals surface area contributed by atoms with Crippen molar-refractivity contribution in [3.8, 4) is 0 Å². The summed E-state index contributed by atoms with van der Waals surface area (Å²) in [6, 6.07) is 0.589. The van der Waals surface area contributed by atoms with Crippen LogP contribution in [0.1, 0.15) is 20.3 Å². The zero-order valence-electron chi connectivity index (χ0n) is 8.30. The van der Waals surface area contributed by atoms with Gasteiger partial charge in [-0.2, -0.15) is 0 Å². The fraction of sp³-hybridized carbons (Fsp3) is 0.889. The smallest absolute Gasteiger partial charge is 0.0955 e. The second kappa shape index (κ2) is 3.90. The van der Waals surface area contributed by atoms with Crippen LogP contribution in [-0.4, -0.2) is 48.4 Å². The third kappa shape index (κ3) is 1.97. The SMILES string of the molecule is CCC(=N)N1CCN(C)C(C)C1. The van der Waals surface area contributed by atoms with Gasteiger partial charge in [-0.15, -0.1) is 0 Å². The first-order chi connectivity index (χ1) is 5.65. The molecule has 1 aliphatic heterocycles. The molecular weight excluding hydrogens is 150 g/mol. The molecule has 1 rings (SSSR count). The van der Waals surface area contributed by atoms with Gasteiger partial charge >= 0.3 is 0 Å². The molecule has 1 saturated heterocycles. The van der Waals surface area contributed by atoms with Crippen LogP contribution in [0.3, 0.4) is 0 Å². The number of amidine groups is 1. The topological polar surface area (TPSA) is 30.3 Å². The highest BCUT2D eigenvalue weighted by atomic mass is 15.3. The summed E-state index contributed by atoms with van der Waals surface area (Å²) >= 11 is 0. The molecule has 12 heavy (non-hydrogen) atoms. The Hall–Kier alpha value is -0.570. The molecule has 1 unspecified atom stereocenters. The van der Waals surface area contributed by atoms with Gasteiger partial charge in [0.25, 0.3) is 0 Å². The molecule has 0 saturated carbocycles. The Morgan fingerprint density at radius 3 is 2.67 bits per heavy atom. The fourth-order valence-electron chi connectivity index (χ4n) is 1.52. The zero-order valence-corrected chi connectivity index (χ0v) is 8.30. The van der Waals surface area contributed by atoms with Crippen LogP contribution in [0.4, 0.5) is 0 Å². The molecular formula is C9H19N3. The molecule has 0 bridgehead atoms. The minimum absolute atomic E-state index is 0.589. The molecule has 1 heterocycles. The van der Waals surface area contributed by atoms with E-state index in [0.29, 0.717) is 6.04 Å². The summed E-state index contributed by atoms with van der Waals surface area (Å²) in [5.41, 5.74) is 0. The van der Waals surface area contributed by atoms with Crippen molar-refractivity contribution in [3.63, 3.8) is 0 Å². The summed E-state index contributed by atoms with van der Waals surface area (Å²) in [5, 5.41) is 7.70. The van der Waals surface area contributed by atoms with Crippen LogP contribution < -0.4 is 0 Å². The minimum Gasteiger partial charge on any atom is -0.358 e. The Morgan fingerprint density at radius 2 is 2.17 bits per heavy atom. The van der Waals surface area contributed by atoms with Crippen LogP contribution in [0, 0.1) is 5.41 Å². The van der Waals surface area contributed by atoms with E-state index in [1.54, 1.807) is 0 Å². The Bertz CT molecular complexity index is 167. The Morgan fingerprint density at radius 1 is 1.50 bits per heavy atom. The van der Waals surface area contributed by atoms with E-state index in [4.69, 9.17) is 5.41 Å². The Labute approximate surface area is 74.9 Å². The van der Waals surface area contributed by atoms with Crippen LogP contribution in [0.25, 0.3) is 0 Å². The lowest BCUT2D eigenvalue weighted by Crippen LogP contribution is -2.51. The van der Waals surface area contributed by atoms with Crippen molar-refractivity contribution in [1.82, 2.24) is 9.80 Å². The zero-order chi connectivity index (χ0) is 9.14. The standard InChI is InChI=1S/C9H19N3/c1-4-9(10)12-6-5-11(3)8(2)7-12/h8,10H,4-7H2,1-3H3. The summed E-state index contributed by atoms with van der Waals surface area (Å²) in [4.78, 5) is 4.53. The molecule has 0 aromatic rings. The van der Waals surface area contributed by atoms with E-state index in [0.717, 1.165) is 31.9 Å². The van der Waals surface area contributed by atoms with Crippen molar-refractivity contribution >= 4 is 5.84 Å². The average molecular weight is 169 g/mol. The van der Waals surface area contributed by atoms with Gasteiger partial charge in [0.15, 0.2) is 0 Å². The normalized spacial score (nSPS) is 25.9. The second-order valence-electron chi connectivity index (χ2n) is 3.58. The summed E-state index contributed by atoms with van der Waals surface area (Å²) < 4.78 is 0. The van der Waals surface area contributed by atoms with E-state index in [1.165, 1.54) is 0 Å². The van der Waals surface area contributed by atoms with E-state index in [9.17, 15) is 0 Å². The van der Waals surface area contributed by atoms with Gasteiger partial charge in [-0.3, -0.25) is 5.41 Å². The number of hydrogen-bond acceptors (Lipinski definition) is 2. The molecule has 0 spiro atoms. The minimum atomic E-state index is 0.589. The first-order valence-corrected chi connectivity index (χ1v) is 4.67. The van der Waals surface area contributed by atoms with Gasteiger partial charge in [-0.25, -0.2) is 0 Å². The predicted octanol–water partition coefficient (Wildman–Crippen LogP) is 1.01. The number of piperazine rings is 1. The molecule has 3 heteroatoms. The van der Waals surface area contributed by atoms with Gasteiger partial charge in [0.2, 0.25) is 0 Å². The maximum Gasteiger partial charge on any atom is 0.0955 e. The van der Waals surface area contributed by atoms with E-state index in [1.807, 2.05) is 6.92 Å². The van der Waals surface area contributed by atoms with Crippen LogP contribution in [0.15, 0.2) is 0 Å². The summed E-state index contributed by atoms with van der Waals surface area (Å²) in [5.74, 6) is 0.787. The lowest BCUT2D eigenvalue weighted by Gasteiger charge is -2.38. The second-order valence-corrected chi connectivity index (χ2v) is 3.58. The molecule has 1 aliphatic rings. The average Bonchev–Trinajstić information content (AvgIpc) is 2.08. The van der Waals surface area contributed by atoms with Crippen molar-refractivity contribution in [3.05, 3.63) is 0 Å². The summed E-state index contributed by atoms with van der Waals surface area (Å²) in [7, 11) is 2.15. The van der Waals surface area contributed by atoms with E-state index in [2.05, 4.69) is 23.8 Å². The van der Waals surface area contributed by atoms with Gasteiger partial charge in [0.05, 0.1) is 5.84 Å². The first-order valence-electron chi connectivity index (χ1n) is 4.67. The monoisotopic (exact) mass is 169 g/mol. The summed E-state index contributed by atoms with van der Waals surface area (Å²) in [6.07, 6.45) is 0.858. The molecule has 0 aromatic heterocycles. The van der Waals surface area contributed by atoms with E-state index in [-0.39, 0.29) is 0 Å². The third-order valence-electron chi connectivity index (χ3n) is 2.68. The molecule has 1 N–H and O–H groups in total. The molecule has 0 amide bonds. The van der Waals surface area contributed by atoms with Crippen LogP contribution >= 0.6 is 0 Å². The van der Waals surface area contributed by atoms with Gasteiger partial charge in [0, 0.05) is 32.1 Å². The number of nitrogens with one attached hydrogen (secondary N) is 1. The van der Waals surface area contributed by atoms with Crippen LogP contribution in [0.2, 0.25) is 0 Å². The van der Waals surface area contributed by atoms with Gasteiger partial charge < -0.3 is 9.80 Å². The Balaban J connectivity index is 2.45. The van der Waals surface area contributed by atoms with Gasteiger partial charge in [-0.05, 0) is 14.0 Å². The van der Waals surface area contributed by atoms with Crippen molar-refractivity contribution in [2.75, 3.05) is 26.7 Å². The third-order valence-corrected chi connectivity index (χ3v) is 2.68. The van der Waals surface area contributed by atoms with Crippen molar-refractivity contribution in [2.24, 2.45) is 0 Å².